The number of Topliss-reactive ketones (excluding diaryl/α,β-unsaturated/α-hetero) is 1. The van der Waals surface area contributed by atoms with Gasteiger partial charge in [0.25, 0.3) is 0 Å². The van der Waals surface area contributed by atoms with Gasteiger partial charge in [-0.2, -0.15) is 10.1 Å². The standard InChI is InChI=1S/C20H22N4O3/c1-24-12-16(11-21-24)18(25)10-14-4-3-13-9-15(5-6-17(13)14)20-22-19(27-23-20)7-8-26-2/h5-6,9,11-12,14H,3-4,7-8,10H2,1-2H3/t14-/m0/s1. The van der Waals surface area contributed by atoms with Gasteiger partial charge in [-0.1, -0.05) is 17.3 Å². The van der Waals surface area contributed by atoms with Crippen LogP contribution in [0.4, 0.5) is 0 Å². The van der Waals surface area contributed by atoms with E-state index in [9.17, 15) is 4.79 Å². The second-order valence-corrected chi connectivity index (χ2v) is 6.93. The molecule has 4 rings (SSSR count). The van der Waals surface area contributed by atoms with Crippen molar-refractivity contribution in [3.63, 3.8) is 0 Å². The quantitative estimate of drug-likeness (QED) is 0.598. The van der Waals surface area contributed by atoms with Crippen molar-refractivity contribution in [2.75, 3.05) is 13.7 Å². The minimum absolute atomic E-state index is 0.144. The van der Waals surface area contributed by atoms with Gasteiger partial charge in [-0.3, -0.25) is 9.48 Å². The lowest BCUT2D eigenvalue weighted by atomic mass is 9.93. The van der Waals surface area contributed by atoms with Crippen molar-refractivity contribution >= 4 is 5.78 Å². The Balaban J connectivity index is 1.49. The zero-order valence-electron chi connectivity index (χ0n) is 15.5. The van der Waals surface area contributed by atoms with Gasteiger partial charge >= 0.3 is 0 Å². The molecule has 0 fully saturated rings. The first kappa shape index (κ1) is 17.6. The van der Waals surface area contributed by atoms with E-state index in [4.69, 9.17) is 9.26 Å². The number of aromatic nitrogens is 4. The molecular weight excluding hydrogens is 344 g/mol. The molecule has 1 aliphatic rings. The number of methoxy groups -OCH3 is 1. The zero-order valence-corrected chi connectivity index (χ0v) is 15.5. The summed E-state index contributed by atoms with van der Waals surface area (Å²) in [5.41, 5.74) is 4.14. The molecule has 2 aromatic heterocycles. The third-order valence-electron chi connectivity index (χ3n) is 5.05. The van der Waals surface area contributed by atoms with E-state index in [2.05, 4.69) is 27.4 Å². The number of fused-ring (bicyclic) bond motifs is 1. The van der Waals surface area contributed by atoms with E-state index >= 15 is 0 Å². The monoisotopic (exact) mass is 366 g/mol. The Bertz CT molecular complexity index is 960. The average Bonchev–Trinajstić information content (AvgIpc) is 3.40. The molecule has 0 bridgehead atoms. The van der Waals surface area contributed by atoms with Gasteiger partial charge in [0.05, 0.1) is 24.8 Å². The van der Waals surface area contributed by atoms with Crippen LogP contribution in [-0.4, -0.2) is 39.4 Å². The molecular formula is C20H22N4O3. The molecule has 27 heavy (non-hydrogen) atoms. The number of rotatable bonds is 7. The van der Waals surface area contributed by atoms with Crippen LogP contribution >= 0.6 is 0 Å². The van der Waals surface area contributed by atoms with Gasteiger partial charge in [0.15, 0.2) is 5.78 Å². The maximum atomic E-state index is 12.5. The van der Waals surface area contributed by atoms with Crippen LogP contribution < -0.4 is 0 Å². The van der Waals surface area contributed by atoms with Gasteiger partial charge in [-0.15, -0.1) is 0 Å². The lowest BCUT2D eigenvalue weighted by molar-refractivity contribution is 0.0973. The van der Waals surface area contributed by atoms with Gasteiger partial charge in [0.1, 0.15) is 0 Å². The fourth-order valence-electron chi connectivity index (χ4n) is 3.63. The number of hydrogen-bond acceptors (Lipinski definition) is 6. The Hall–Kier alpha value is -2.80. The molecule has 1 aromatic carbocycles. The van der Waals surface area contributed by atoms with E-state index in [1.165, 1.54) is 11.1 Å². The van der Waals surface area contributed by atoms with Crippen LogP contribution in [0, 0.1) is 0 Å². The molecule has 140 valence electrons. The third kappa shape index (κ3) is 3.68. The van der Waals surface area contributed by atoms with Crippen molar-refractivity contribution in [3.05, 3.63) is 53.2 Å². The smallest absolute Gasteiger partial charge is 0.229 e. The molecule has 0 radical (unpaired) electrons. The van der Waals surface area contributed by atoms with Crippen molar-refractivity contribution in [1.29, 1.82) is 0 Å². The predicted octanol–water partition coefficient (Wildman–Crippen LogP) is 2.96. The highest BCUT2D eigenvalue weighted by Gasteiger charge is 2.26. The SMILES string of the molecule is COCCc1nc(-c2ccc3c(c2)CC[C@H]3CC(=O)c2cnn(C)c2)no1. The summed E-state index contributed by atoms with van der Waals surface area (Å²) in [5.74, 6) is 1.57. The van der Waals surface area contributed by atoms with Crippen LogP contribution in [-0.2, 0) is 24.6 Å². The Labute approximate surface area is 157 Å². The van der Waals surface area contributed by atoms with Gasteiger partial charge in [-0.25, -0.2) is 0 Å². The molecule has 0 saturated heterocycles. The van der Waals surface area contributed by atoms with Crippen molar-refractivity contribution in [1.82, 2.24) is 19.9 Å². The lowest BCUT2D eigenvalue weighted by Gasteiger charge is -2.10. The number of aryl methyl sites for hydroxylation is 2. The highest BCUT2D eigenvalue weighted by Crippen LogP contribution is 2.38. The minimum Gasteiger partial charge on any atom is -0.384 e. The van der Waals surface area contributed by atoms with E-state index in [1.807, 2.05) is 13.1 Å². The number of nitrogens with zero attached hydrogens (tertiary/aromatic N) is 4. The van der Waals surface area contributed by atoms with Crippen molar-refractivity contribution in [2.24, 2.45) is 7.05 Å². The third-order valence-corrected chi connectivity index (χ3v) is 5.05. The molecule has 0 aliphatic heterocycles. The molecule has 3 aromatic rings. The van der Waals surface area contributed by atoms with Gasteiger partial charge in [-0.05, 0) is 36.0 Å². The first-order chi connectivity index (χ1) is 13.1. The number of hydrogen-bond donors (Lipinski definition) is 0. The minimum atomic E-state index is 0.144. The summed E-state index contributed by atoms with van der Waals surface area (Å²) in [5, 5.41) is 8.16. The van der Waals surface area contributed by atoms with Crippen LogP contribution in [0.15, 0.2) is 35.1 Å². The zero-order chi connectivity index (χ0) is 18.8. The highest BCUT2D eigenvalue weighted by molar-refractivity contribution is 5.96. The molecule has 7 nitrogen and oxygen atoms in total. The molecule has 0 saturated carbocycles. The summed E-state index contributed by atoms with van der Waals surface area (Å²) in [4.78, 5) is 16.9. The lowest BCUT2D eigenvalue weighted by Crippen LogP contribution is -2.04. The fourth-order valence-corrected chi connectivity index (χ4v) is 3.63. The summed E-state index contributed by atoms with van der Waals surface area (Å²) in [6.07, 6.45) is 6.48. The van der Waals surface area contributed by atoms with Crippen molar-refractivity contribution < 1.29 is 14.1 Å². The van der Waals surface area contributed by atoms with Crippen molar-refractivity contribution in [2.45, 2.75) is 31.6 Å². The molecule has 1 aliphatic carbocycles. The normalized spacial score (nSPS) is 15.9. The van der Waals surface area contributed by atoms with E-state index in [-0.39, 0.29) is 11.7 Å². The highest BCUT2D eigenvalue weighted by atomic mass is 16.5. The Morgan fingerprint density at radius 1 is 1.41 bits per heavy atom. The molecule has 7 heteroatoms. The molecule has 2 heterocycles. The van der Waals surface area contributed by atoms with E-state index in [0.29, 0.717) is 36.7 Å². The summed E-state index contributed by atoms with van der Waals surface area (Å²) < 4.78 is 12.0. The summed E-state index contributed by atoms with van der Waals surface area (Å²) in [7, 11) is 3.47. The summed E-state index contributed by atoms with van der Waals surface area (Å²) in [6.45, 7) is 0.554. The summed E-state index contributed by atoms with van der Waals surface area (Å²) in [6, 6.07) is 6.23. The second-order valence-electron chi connectivity index (χ2n) is 6.93. The van der Waals surface area contributed by atoms with Crippen LogP contribution in [0.25, 0.3) is 11.4 Å². The number of ketones is 1. The molecule has 0 N–H and O–H groups in total. The van der Waals surface area contributed by atoms with Gasteiger partial charge < -0.3 is 9.26 Å². The molecule has 1 atom stereocenters. The van der Waals surface area contributed by atoms with Crippen LogP contribution in [0.2, 0.25) is 0 Å². The summed E-state index contributed by atoms with van der Waals surface area (Å²) >= 11 is 0. The van der Waals surface area contributed by atoms with Crippen LogP contribution in [0.3, 0.4) is 0 Å². The largest absolute Gasteiger partial charge is 0.384 e. The number of carbonyl (C=O) groups excluding carboxylic acids is 1. The maximum Gasteiger partial charge on any atom is 0.229 e. The van der Waals surface area contributed by atoms with Crippen LogP contribution in [0.5, 0.6) is 0 Å². The molecule has 0 unspecified atom stereocenters. The Morgan fingerprint density at radius 2 is 2.30 bits per heavy atom. The number of carbonyl (C=O) groups is 1. The van der Waals surface area contributed by atoms with E-state index in [0.717, 1.165) is 18.4 Å². The van der Waals surface area contributed by atoms with Crippen LogP contribution in [0.1, 0.15) is 46.1 Å². The van der Waals surface area contributed by atoms with Crippen molar-refractivity contribution in [3.8, 4) is 11.4 Å². The Kier molecular flexibility index (Phi) is 4.85. The number of ether oxygens (including phenoxy) is 1. The van der Waals surface area contributed by atoms with Gasteiger partial charge in [0, 0.05) is 32.3 Å². The molecule has 0 amide bonds. The first-order valence-electron chi connectivity index (χ1n) is 9.10. The topological polar surface area (TPSA) is 83.0 Å². The maximum absolute atomic E-state index is 12.5. The molecule has 0 spiro atoms. The van der Waals surface area contributed by atoms with E-state index in [1.54, 1.807) is 24.2 Å². The first-order valence-corrected chi connectivity index (χ1v) is 9.10. The fraction of sp³-hybridized carbons (Fsp3) is 0.400. The van der Waals surface area contributed by atoms with E-state index < -0.39 is 0 Å². The average molecular weight is 366 g/mol. The predicted molar refractivity (Wildman–Crippen MR) is 98.5 cm³/mol. The Morgan fingerprint density at radius 3 is 3.07 bits per heavy atom. The number of benzene rings is 1. The van der Waals surface area contributed by atoms with Gasteiger partial charge in [0.2, 0.25) is 11.7 Å². The second kappa shape index (κ2) is 7.44.